The first-order valence-electron chi connectivity index (χ1n) is 4.26. The van der Waals surface area contributed by atoms with Crippen LogP contribution in [-0.4, -0.2) is 22.4 Å². The van der Waals surface area contributed by atoms with E-state index in [0.29, 0.717) is 0 Å². The molecule has 0 aliphatic carbocycles. The lowest BCUT2D eigenvalue weighted by molar-refractivity contribution is 0.501. The Balaban J connectivity index is 2.89. The molecular formula is C7H9BF3N2O2S-. The van der Waals surface area contributed by atoms with Gasteiger partial charge in [0.2, 0.25) is 0 Å². The molecule has 0 radical (unpaired) electrons. The van der Waals surface area contributed by atoms with Crippen LogP contribution in [0.1, 0.15) is 0 Å². The van der Waals surface area contributed by atoms with Gasteiger partial charge in [-0.15, -0.1) is 5.46 Å². The predicted molar refractivity (Wildman–Crippen MR) is 56.8 cm³/mol. The van der Waals surface area contributed by atoms with Gasteiger partial charge in [0, 0.05) is 12.7 Å². The van der Waals surface area contributed by atoms with E-state index < -0.39 is 22.6 Å². The number of anilines is 1. The maximum atomic E-state index is 12.2. The molecule has 16 heavy (non-hydrogen) atoms. The Morgan fingerprint density at radius 3 is 2.00 bits per heavy atom. The molecule has 0 fully saturated rings. The van der Waals surface area contributed by atoms with Crippen molar-refractivity contribution in [1.29, 1.82) is 0 Å². The van der Waals surface area contributed by atoms with Crippen molar-refractivity contribution in [1.82, 2.24) is 4.72 Å². The summed E-state index contributed by atoms with van der Waals surface area (Å²) in [6.07, 6.45) is 0. The SMILES string of the molecule is CNS(=O)(=O)Nc1ccc([B-](F)(F)F)cc1. The number of rotatable bonds is 4. The van der Waals surface area contributed by atoms with E-state index in [-0.39, 0.29) is 5.69 Å². The van der Waals surface area contributed by atoms with Crippen molar-refractivity contribution in [3.8, 4) is 0 Å². The van der Waals surface area contributed by atoms with E-state index in [2.05, 4.69) is 0 Å². The smallest absolute Gasteiger partial charge is 0.445 e. The van der Waals surface area contributed by atoms with E-state index in [0.717, 1.165) is 24.3 Å². The second-order valence-corrected chi connectivity index (χ2v) is 4.63. The van der Waals surface area contributed by atoms with Crippen molar-refractivity contribution >= 4 is 28.3 Å². The molecule has 1 aromatic rings. The average molecular weight is 253 g/mol. The van der Waals surface area contributed by atoms with Gasteiger partial charge in [0.1, 0.15) is 0 Å². The molecule has 2 N–H and O–H groups in total. The van der Waals surface area contributed by atoms with E-state index in [1.807, 2.05) is 9.44 Å². The Kier molecular flexibility index (Phi) is 3.49. The highest BCUT2D eigenvalue weighted by atomic mass is 32.2. The third-order valence-corrected chi connectivity index (χ3v) is 2.85. The van der Waals surface area contributed by atoms with Crippen molar-refractivity contribution in [2.75, 3.05) is 11.8 Å². The molecule has 0 atom stereocenters. The second-order valence-electron chi connectivity index (χ2n) is 3.01. The second kappa shape index (κ2) is 4.34. The van der Waals surface area contributed by atoms with Gasteiger partial charge in [-0.2, -0.15) is 8.42 Å². The van der Waals surface area contributed by atoms with Crippen molar-refractivity contribution in [2.24, 2.45) is 0 Å². The van der Waals surface area contributed by atoms with Gasteiger partial charge in [-0.25, -0.2) is 4.72 Å². The summed E-state index contributed by atoms with van der Waals surface area (Å²) in [6.45, 7) is -5.05. The van der Waals surface area contributed by atoms with Crippen LogP contribution >= 0.6 is 0 Å². The van der Waals surface area contributed by atoms with Crippen LogP contribution < -0.4 is 14.9 Å². The Bertz CT molecular complexity index is 458. The first kappa shape index (κ1) is 12.9. The van der Waals surface area contributed by atoms with Gasteiger partial charge < -0.3 is 12.9 Å². The number of nitrogens with one attached hydrogen (secondary N) is 2. The van der Waals surface area contributed by atoms with Crippen LogP contribution in [0.5, 0.6) is 0 Å². The van der Waals surface area contributed by atoms with Crippen molar-refractivity contribution in [2.45, 2.75) is 0 Å². The van der Waals surface area contributed by atoms with Gasteiger partial charge in [0.05, 0.1) is 0 Å². The molecule has 0 aromatic heterocycles. The molecule has 1 aromatic carbocycles. The molecule has 90 valence electrons. The Morgan fingerprint density at radius 1 is 1.12 bits per heavy atom. The van der Waals surface area contributed by atoms with Gasteiger partial charge in [-0.3, -0.25) is 4.72 Å². The maximum Gasteiger partial charge on any atom is 0.509 e. The summed E-state index contributed by atoms with van der Waals surface area (Å²) in [5.74, 6) is 0. The van der Waals surface area contributed by atoms with Gasteiger partial charge in [-0.05, 0) is 12.1 Å². The zero-order valence-corrected chi connectivity index (χ0v) is 9.06. The Labute approximate surface area is 91.1 Å². The predicted octanol–water partition coefficient (Wildman–Crippen LogP) is 0.617. The van der Waals surface area contributed by atoms with Crippen LogP contribution in [0.2, 0.25) is 0 Å². The van der Waals surface area contributed by atoms with Crippen LogP contribution in [0.3, 0.4) is 0 Å². The van der Waals surface area contributed by atoms with Crippen LogP contribution in [0.4, 0.5) is 18.6 Å². The summed E-state index contributed by atoms with van der Waals surface area (Å²) in [7, 11) is -2.51. The van der Waals surface area contributed by atoms with E-state index in [4.69, 9.17) is 0 Å². The standard InChI is InChI=1S/C7H9BF3N2O2S/c1-12-16(14,15)13-7-4-2-6(3-5-7)8(9,10)11/h2-5,12-13H,1H3/q-1. The summed E-state index contributed by atoms with van der Waals surface area (Å²) in [5, 5.41) is 0. The quantitative estimate of drug-likeness (QED) is 0.772. The fourth-order valence-electron chi connectivity index (χ4n) is 0.976. The number of hydrogen-bond donors (Lipinski definition) is 2. The lowest BCUT2D eigenvalue weighted by Crippen LogP contribution is -2.34. The Hall–Kier alpha value is -1.22. The highest BCUT2D eigenvalue weighted by Crippen LogP contribution is 2.12. The molecule has 1 rings (SSSR count). The molecule has 0 saturated carbocycles. The molecule has 0 aliphatic rings. The van der Waals surface area contributed by atoms with E-state index >= 15 is 0 Å². The molecule has 0 bridgehead atoms. The molecule has 0 heterocycles. The topological polar surface area (TPSA) is 58.2 Å². The third-order valence-electron chi connectivity index (χ3n) is 1.81. The van der Waals surface area contributed by atoms with Crippen LogP contribution in [0.15, 0.2) is 24.3 Å². The molecule has 0 amide bonds. The van der Waals surface area contributed by atoms with Gasteiger partial charge in [0.25, 0.3) is 10.2 Å². The minimum absolute atomic E-state index is 0.0677. The normalized spacial score (nSPS) is 12.5. The maximum absolute atomic E-state index is 12.2. The molecule has 0 unspecified atom stereocenters. The lowest BCUT2D eigenvalue weighted by Gasteiger charge is -2.15. The largest absolute Gasteiger partial charge is 0.509 e. The fraction of sp³-hybridized carbons (Fsp3) is 0.143. The average Bonchev–Trinajstić information content (AvgIpc) is 2.16. The molecule has 0 spiro atoms. The van der Waals surface area contributed by atoms with Crippen LogP contribution in [0, 0.1) is 0 Å². The van der Waals surface area contributed by atoms with Gasteiger partial charge in [0.15, 0.2) is 0 Å². The summed E-state index contributed by atoms with van der Waals surface area (Å²) < 4.78 is 62.8. The first-order chi connectivity index (χ1) is 7.24. The summed E-state index contributed by atoms with van der Waals surface area (Å²) in [6, 6.07) is 3.76. The molecule has 0 saturated heterocycles. The van der Waals surface area contributed by atoms with Crippen molar-refractivity contribution in [3.63, 3.8) is 0 Å². The third kappa shape index (κ3) is 3.42. The minimum atomic E-state index is -5.05. The number of hydrogen-bond acceptors (Lipinski definition) is 2. The van der Waals surface area contributed by atoms with Crippen molar-refractivity contribution < 1.29 is 21.4 Å². The summed E-state index contributed by atoms with van der Waals surface area (Å²) in [4.78, 5) is 0. The zero-order valence-electron chi connectivity index (χ0n) is 8.25. The van der Waals surface area contributed by atoms with E-state index in [1.54, 1.807) is 0 Å². The number of benzene rings is 1. The number of halogens is 3. The highest BCUT2D eigenvalue weighted by Gasteiger charge is 2.25. The van der Waals surface area contributed by atoms with Gasteiger partial charge in [-0.1, -0.05) is 12.1 Å². The van der Waals surface area contributed by atoms with Gasteiger partial charge >= 0.3 is 6.98 Å². The molecule has 4 nitrogen and oxygen atoms in total. The van der Waals surface area contributed by atoms with Crippen LogP contribution in [0.25, 0.3) is 0 Å². The summed E-state index contributed by atoms with van der Waals surface area (Å²) >= 11 is 0. The Morgan fingerprint density at radius 2 is 1.62 bits per heavy atom. The van der Waals surface area contributed by atoms with E-state index in [9.17, 15) is 21.4 Å². The summed E-state index contributed by atoms with van der Waals surface area (Å²) in [5.41, 5.74) is -0.703. The molecule has 0 aliphatic heterocycles. The monoisotopic (exact) mass is 253 g/mol. The van der Waals surface area contributed by atoms with Crippen molar-refractivity contribution in [3.05, 3.63) is 24.3 Å². The minimum Gasteiger partial charge on any atom is -0.445 e. The van der Waals surface area contributed by atoms with Crippen LogP contribution in [-0.2, 0) is 10.2 Å². The molecular weight excluding hydrogens is 244 g/mol. The fourth-order valence-corrected chi connectivity index (χ4v) is 1.52. The first-order valence-corrected chi connectivity index (χ1v) is 5.74. The molecule has 9 heteroatoms. The highest BCUT2D eigenvalue weighted by molar-refractivity contribution is 7.90. The zero-order chi connectivity index (χ0) is 12.4. The lowest BCUT2D eigenvalue weighted by atomic mass is 9.80. The van der Waals surface area contributed by atoms with E-state index in [1.165, 1.54) is 7.05 Å².